The van der Waals surface area contributed by atoms with Crippen molar-refractivity contribution in [2.24, 2.45) is 5.73 Å². The fourth-order valence-electron chi connectivity index (χ4n) is 1.60. The number of nitrogens with zero attached hydrogens (tertiary/aromatic N) is 1. The molecule has 0 aliphatic carbocycles. The highest BCUT2D eigenvalue weighted by molar-refractivity contribution is 5.78. The highest BCUT2D eigenvalue weighted by Gasteiger charge is 2.16. The lowest BCUT2D eigenvalue weighted by Gasteiger charge is -2.16. The number of amides is 1. The third kappa shape index (κ3) is 4.01. The summed E-state index contributed by atoms with van der Waals surface area (Å²) >= 11 is 0. The maximum Gasteiger partial charge on any atom is 0.272 e. The zero-order valence-corrected chi connectivity index (χ0v) is 10.8. The maximum absolute atomic E-state index is 10.8. The van der Waals surface area contributed by atoms with Gasteiger partial charge in [-0.05, 0) is 19.4 Å². The van der Waals surface area contributed by atoms with Crippen molar-refractivity contribution in [1.82, 2.24) is 5.32 Å². The molecule has 0 radical (unpaired) electrons. The standard InChI is InChI=1S/C12H17N3O4/c1-7-3-4-9(5-10(7)15(18)19)8(2)14-6-11(16)12(13)17/h3-5,8,11,14,16H,6H2,1-2H3,(H2,13,17). The van der Waals surface area contributed by atoms with Gasteiger partial charge in [-0.15, -0.1) is 0 Å². The van der Waals surface area contributed by atoms with Crippen LogP contribution < -0.4 is 11.1 Å². The van der Waals surface area contributed by atoms with E-state index < -0.39 is 16.9 Å². The number of nitrogens with two attached hydrogens (primary N) is 1. The molecule has 0 aromatic heterocycles. The van der Waals surface area contributed by atoms with Crippen molar-refractivity contribution in [3.05, 3.63) is 39.4 Å². The maximum atomic E-state index is 10.8. The van der Waals surface area contributed by atoms with Gasteiger partial charge < -0.3 is 16.2 Å². The van der Waals surface area contributed by atoms with Crippen molar-refractivity contribution in [2.75, 3.05) is 6.54 Å². The van der Waals surface area contributed by atoms with E-state index in [2.05, 4.69) is 5.32 Å². The van der Waals surface area contributed by atoms with Crippen molar-refractivity contribution in [2.45, 2.75) is 26.0 Å². The van der Waals surface area contributed by atoms with E-state index >= 15 is 0 Å². The van der Waals surface area contributed by atoms with Crippen LogP contribution in [0, 0.1) is 17.0 Å². The van der Waals surface area contributed by atoms with Crippen molar-refractivity contribution in [1.29, 1.82) is 0 Å². The van der Waals surface area contributed by atoms with E-state index in [1.54, 1.807) is 26.0 Å². The number of nitro benzene ring substituents is 1. The number of nitrogens with one attached hydrogen (secondary N) is 1. The first-order chi connectivity index (χ1) is 8.82. The second-order valence-corrected chi connectivity index (χ2v) is 4.35. The molecule has 0 aliphatic rings. The topological polar surface area (TPSA) is 118 Å². The number of hydrogen-bond acceptors (Lipinski definition) is 5. The van der Waals surface area contributed by atoms with Gasteiger partial charge in [-0.2, -0.15) is 0 Å². The Kier molecular flexibility index (Phi) is 4.96. The number of primary amides is 1. The lowest BCUT2D eigenvalue weighted by Crippen LogP contribution is -2.38. The second-order valence-electron chi connectivity index (χ2n) is 4.35. The molecule has 7 heteroatoms. The molecule has 19 heavy (non-hydrogen) atoms. The number of aliphatic hydroxyl groups is 1. The molecule has 0 bridgehead atoms. The Bertz CT molecular complexity index is 490. The van der Waals surface area contributed by atoms with Crippen LogP contribution in [0.5, 0.6) is 0 Å². The molecule has 104 valence electrons. The van der Waals surface area contributed by atoms with E-state index in [1.807, 2.05) is 0 Å². The molecule has 1 rings (SSSR count). The van der Waals surface area contributed by atoms with E-state index in [0.717, 1.165) is 0 Å². The number of carbonyl (C=O) groups is 1. The average Bonchev–Trinajstić information content (AvgIpc) is 2.35. The third-order valence-corrected chi connectivity index (χ3v) is 2.88. The van der Waals surface area contributed by atoms with Gasteiger partial charge in [0, 0.05) is 24.2 Å². The van der Waals surface area contributed by atoms with Gasteiger partial charge in [-0.1, -0.05) is 12.1 Å². The number of benzene rings is 1. The zero-order valence-electron chi connectivity index (χ0n) is 10.8. The monoisotopic (exact) mass is 267 g/mol. The van der Waals surface area contributed by atoms with Crippen LogP contribution in [0.2, 0.25) is 0 Å². The third-order valence-electron chi connectivity index (χ3n) is 2.88. The predicted molar refractivity (Wildman–Crippen MR) is 69.5 cm³/mol. The van der Waals surface area contributed by atoms with E-state index in [-0.39, 0.29) is 18.3 Å². The molecule has 0 fully saturated rings. The molecular weight excluding hydrogens is 250 g/mol. The van der Waals surface area contributed by atoms with Crippen LogP contribution in [0.1, 0.15) is 24.1 Å². The molecule has 2 unspecified atom stereocenters. The van der Waals surface area contributed by atoms with Gasteiger partial charge >= 0.3 is 0 Å². The Hall–Kier alpha value is -1.99. The zero-order chi connectivity index (χ0) is 14.6. The molecule has 2 atom stereocenters. The van der Waals surface area contributed by atoms with Gasteiger partial charge in [0.2, 0.25) is 5.91 Å². The molecular formula is C12H17N3O4. The van der Waals surface area contributed by atoms with Gasteiger partial charge in [0.05, 0.1) is 4.92 Å². The van der Waals surface area contributed by atoms with E-state index in [9.17, 15) is 20.0 Å². The van der Waals surface area contributed by atoms with Crippen molar-refractivity contribution >= 4 is 11.6 Å². The van der Waals surface area contributed by atoms with Crippen LogP contribution in [-0.2, 0) is 4.79 Å². The van der Waals surface area contributed by atoms with Crippen LogP contribution in [0.4, 0.5) is 5.69 Å². The van der Waals surface area contributed by atoms with Crippen LogP contribution in [0.15, 0.2) is 18.2 Å². The Labute approximate surface area is 110 Å². The van der Waals surface area contributed by atoms with Gasteiger partial charge in [0.1, 0.15) is 6.10 Å². The fourth-order valence-corrected chi connectivity index (χ4v) is 1.60. The smallest absolute Gasteiger partial charge is 0.272 e. The summed E-state index contributed by atoms with van der Waals surface area (Å²) < 4.78 is 0. The molecule has 0 heterocycles. The molecule has 0 aliphatic heterocycles. The molecule has 1 aromatic rings. The molecule has 0 saturated carbocycles. The number of carbonyl (C=O) groups excluding carboxylic acids is 1. The summed E-state index contributed by atoms with van der Waals surface area (Å²) in [4.78, 5) is 21.1. The lowest BCUT2D eigenvalue weighted by molar-refractivity contribution is -0.385. The molecule has 1 amide bonds. The quantitative estimate of drug-likeness (QED) is 0.509. The van der Waals surface area contributed by atoms with Crippen LogP contribution in [0.3, 0.4) is 0 Å². The van der Waals surface area contributed by atoms with Gasteiger partial charge in [0.15, 0.2) is 0 Å². The van der Waals surface area contributed by atoms with Crippen molar-refractivity contribution in [3.63, 3.8) is 0 Å². The Morgan fingerprint density at radius 3 is 2.74 bits per heavy atom. The molecule has 0 spiro atoms. The first-order valence-corrected chi connectivity index (χ1v) is 5.78. The first-order valence-electron chi connectivity index (χ1n) is 5.78. The SMILES string of the molecule is Cc1ccc(C(C)NCC(O)C(N)=O)cc1[N+](=O)[O-]. The first kappa shape index (κ1) is 15.1. The van der Waals surface area contributed by atoms with E-state index in [1.165, 1.54) is 6.07 Å². The number of aliphatic hydroxyl groups excluding tert-OH is 1. The summed E-state index contributed by atoms with van der Waals surface area (Å²) in [5.41, 5.74) is 6.25. The predicted octanol–water partition coefficient (Wildman–Crippen LogP) is 0.400. The molecule has 1 aromatic carbocycles. The normalized spacial score (nSPS) is 13.8. The minimum atomic E-state index is -1.28. The van der Waals surface area contributed by atoms with Gasteiger partial charge in [-0.25, -0.2) is 0 Å². The summed E-state index contributed by atoms with van der Waals surface area (Å²) in [6.07, 6.45) is -1.28. The number of rotatable bonds is 6. The Balaban J connectivity index is 2.77. The lowest BCUT2D eigenvalue weighted by atomic mass is 10.0. The Morgan fingerprint density at radius 2 is 2.21 bits per heavy atom. The largest absolute Gasteiger partial charge is 0.382 e. The summed E-state index contributed by atoms with van der Waals surface area (Å²) in [6, 6.07) is 4.66. The summed E-state index contributed by atoms with van der Waals surface area (Å²) in [7, 11) is 0. The molecule has 7 nitrogen and oxygen atoms in total. The molecule has 0 saturated heterocycles. The van der Waals surface area contributed by atoms with Crippen molar-refractivity contribution in [3.8, 4) is 0 Å². The number of nitro groups is 1. The minimum absolute atomic E-state index is 0.00181. The van der Waals surface area contributed by atoms with Crippen molar-refractivity contribution < 1.29 is 14.8 Å². The van der Waals surface area contributed by atoms with E-state index in [4.69, 9.17) is 5.73 Å². The number of aryl methyl sites for hydroxylation is 1. The average molecular weight is 267 g/mol. The van der Waals surface area contributed by atoms with Gasteiger partial charge in [0.25, 0.3) is 5.69 Å². The highest BCUT2D eigenvalue weighted by Crippen LogP contribution is 2.23. The van der Waals surface area contributed by atoms with Crippen LogP contribution >= 0.6 is 0 Å². The van der Waals surface area contributed by atoms with Crippen LogP contribution in [0.25, 0.3) is 0 Å². The fraction of sp³-hybridized carbons (Fsp3) is 0.417. The Morgan fingerprint density at radius 1 is 1.58 bits per heavy atom. The summed E-state index contributed by atoms with van der Waals surface area (Å²) in [6.45, 7) is 3.44. The highest BCUT2D eigenvalue weighted by atomic mass is 16.6. The van der Waals surface area contributed by atoms with E-state index in [0.29, 0.717) is 11.1 Å². The molecule has 4 N–H and O–H groups in total. The van der Waals surface area contributed by atoms with Gasteiger partial charge in [-0.3, -0.25) is 14.9 Å². The second kappa shape index (κ2) is 6.26. The summed E-state index contributed by atoms with van der Waals surface area (Å²) in [5.74, 6) is -0.811. The number of hydrogen-bond donors (Lipinski definition) is 3. The summed E-state index contributed by atoms with van der Waals surface area (Å²) in [5, 5.41) is 23.0. The van der Waals surface area contributed by atoms with Crippen LogP contribution in [-0.4, -0.2) is 28.6 Å². The minimum Gasteiger partial charge on any atom is -0.382 e.